The zero-order chi connectivity index (χ0) is 8.53. The second-order valence-electron chi connectivity index (χ2n) is 2.13. The Kier molecular flexibility index (Phi) is 7.06. The lowest BCUT2D eigenvalue weighted by molar-refractivity contribution is -0.121. The van der Waals surface area contributed by atoms with Crippen LogP contribution in [0, 0.1) is 12.3 Å². The van der Waals surface area contributed by atoms with Crippen molar-refractivity contribution in [2.75, 3.05) is 12.3 Å². The molecule has 0 saturated heterocycles. The van der Waals surface area contributed by atoms with Crippen molar-refractivity contribution >= 4 is 18.5 Å². The first kappa shape index (κ1) is 10.4. The summed E-state index contributed by atoms with van der Waals surface area (Å²) in [6, 6.07) is 0. The molecule has 0 rings (SSSR count). The standard InChI is InChI=1S/C8H13NOS/c1-2-3-4-5-8(10)9-6-7-11/h1,11H,3-7H2,(H,9,10). The molecule has 0 aromatic rings. The predicted octanol–water partition coefficient (Wildman–Crippen LogP) is 0.836. The summed E-state index contributed by atoms with van der Waals surface area (Å²) >= 11 is 3.96. The van der Waals surface area contributed by atoms with Crippen molar-refractivity contribution in [3.8, 4) is 12.3 Å². The number of carbonyl (C=O) groups excluding carboxylic acids is 1. The highest BCUT2D eigenvalue weighted by Crippen LogP contribution is 1.92. The minimum absolute atomic E-state index is 0.0642. The number of unbranched alkanes of at least 4 members (excludes halogenated alkanes) is 1. The summed E-state index contributed by atoms with van der Waals surface area (Å²) in [6.07, 6.45) is 6.99. The Hall–Kier alpha value is -0.620. The number of hydrogen-bond acceptors (Lipinski definition) is 2. The molecule has 0 aliphatic carbocycles. The maximum atomic E-state index is 10.9. The van der Waals surface area contributed by atoms with Gasteiger partial charge in [0.15, 0.2) is 0 Å². The van der Waals surface area contributed by atoms with Crippen molar-refractivity contribution in [3.63, 3.8) is 0 Å². The van der Waals surface area contributed by atoms with Gasteiger partial charge in [0, 0.05) is 25.1 Å². The third kappa shape index (κ3) is 7.27. The van der Waals surface area contributed by atoms with Crippen molar-refractivity contribution in [1.29, 1.82) is 0 Å². The van der Waals surface area contributed by atoms with Crippen LogP contribution in [0.5, 0.6) is 0 Å². The van der Waals surface area contributed by atoms with Gasteiger partial charge in [-0.05, 0) is 6.42 Å². The Balaban J connectivity index is 3.17. The van der Waals surface area contributed by atoms with Gasteiger partial charge in [0.25, 0.3) is 0 Å². The summed E-state index contributed by atoms with van der Waals surface area (Å²) in [4.78, 5) is 10.9. The van der Waals surface area contributed by atoms with Gasteiger partial charge in [-0.3, -0.25) is 4.79 Å². The molecule has 0 unspecified atom stereocenters. The second-order valence-corrected chi connectivity index (χ2v) is 2.58. The number of carbonyl (C=O) groups is 1. The zero-order valence-electron chi connectivity index (χ0n) is 6.47. The van der Waals surface area contributed by atoms with E-state index in [1.807, 2.05) is 0 Å². The van der Waals surface area contributed by atoms with Gasteiger partial charge in [0.1, 0.15) is 0 Å². The SMILES string of the molecule is C#CCCCC(=O)NCCS. The fraction of sp³-hybridized carbons (Fsp3) is 0.625. The van der Waals surface area contributed by atoms with E-state index >= 15 is 0 Å². The van der Waals surface area contributed by atoms with Gasteiger partial charge in [-0.15, -0.1) is 12.3 Å². The highest BCUT2D eigenvalue weighted by molar-refractivity contribution is 7.80. The summed E-state index contributed by atoms with van der Waals surface area (Å²) in [6.45, 7) is 0.637. The summed E-state index contributed by atoms with van der Waals surface area (Å²) in [5.41, 5.74) is 0. The average Bonchev–Trinajstić information content (AvgIpc) is 2.01. The molecule has 3 heteroatoms. The summed E-state index contributed by atoms with van der Waals surface area (Å²) in [5, 5.41) is 2.71. The van der Waals surface area contributed by atoms with Crippen LogP contribution in [0.2, 0.25) is 0 Å². The van der Waals surface area contributed by atoms with E-state index in [4.69, 9.17) is 6.42 Å². The molecule has 1 amide bonds. The quantitative estimate of drug-likeness (QED) is 0.358. The van der Waals surface area contributed by atoms with E-state index in [2.05, 4.69) is 23.9 Å². The molecule has 0 aromatic heterocycles. The third-order valence-electron chi connectivity index (χ3n) is 1.16. The summed E-state index contributed by atoms with van der Waals surface area (Å²) in [7, 11) is 0. The van der Waals surface area contributed by atoms with Crippen LogP contribution >= 0.6 is 12.6 Å². The van der Waals surface area contributed by atoms with Crippen molar-refractivity contribution in [2.45, 2.75) is 19.3 Å². The van der Waals surface area contributed by atoms with Crippen LogP contribution in [0.1, 0.15) is 19.3 Å². The molecule has 0 aliphatic heterocycles. The molecule has 11 heavy (non-hydrogen) atoms. The van der Waals surface area contributed by atoms with Crippen molar-refractivity contribution in [2.24, 2.45) is 0 Å². The predicted molar refractivity (Wildman–Crippen MR) is 49.5 cm³/mol. The molecule has 0 aromatic carbocycles. The van der Waals surface area contributed by atoms with E-state index in [0.29, 0.717) is 25.1 Å². The third-order valence-corrected chi connectivity index (χ3v) is 1.38. The van der Waals surface area contributed by atoms with Gasteiger partial charge < -0.3 is 5.32 Å². The molecule has 0 heterocycles. The van der Waals surface area contributed by atoms with E-state index in [1.165, 1.54) is 0 Å². The molecule has 0 atom stereocenters. The van der Waals surface area contributed by atoms with Gasteiger partial charge in [0.2, 0.25) is 5.91 Å². The van der Waals surface area contributed by atoms with Crippen LogP contribution in [0.25, 0.3) is 0 Å². The Bertz CT molecular complexity index is 151. The molecular formula is C8H13NOS. The molecule has 2 nitrogen and oxygen atoms in total. The van der Waals surface area contributed by atoms with Crippen molar-refractivity contribution in [3.05, 3.63) is 0 Å². The molecule has 0 spiro atoms. The molecular weight excluding hydrogens is 158 g/mol. The Morgan fingerprint density at radius 3 is 2.91 bits per heavy atom. The highest BCUT2D eigenvalue weighted by Gasteiger charge is 1.97. The van der Waals surface area contributed by atoms with Gasteiger partial charge in [-0.2, -0.15) is 12.6 Å². The lowest BCUT2D eigenvalue weighted by atomic mass is 10.2. The number of amides is 1. The molecule has 62 valence electrons. The minimum Gasteiger partial charge on any atom is -0.355 e. The van der Waals surface area contributed by atoms with Crippen molar-refractivity contribution in [1.82, 2.24) is 5.32 Å². The van der Waals surface area contributed by atoms with Crippen LogP contribution in [-0.2, 0) is 4.79 Å². The van der Waals surface area contributed by atoms with Crippen LogP contribution < -0.4 is 5.32 Å². The summed E-state index contributed by atoms with van der Waals surface area (Å²) in [5.74, 6) is 3.23. The lowest BCUT2D eigenvalue weighted by Crippen LogP contribution is -2.24. The second kappa shape index (κ2) is 7.49. The van der Waals surface area contributed by atoms with E-state index in [-0.39, 0.29) is 5.91 Å². The topological polar surface area (TPSA) is 29.1 Å². The van der Waals surface area contributed by atoms with E-state index in [9.17, 15) is 4.79 Å². The van der Waals surface area contributed by atoms with Crippen molar-refractivity contribution < 1.29 is 4.79 Å². The maximum Gasteiger partial charge on any atom is 0.220 e. The van der Waals surface area contributed by atoms with Crippen LogP contribution in [0.3, 0.4) is 0 Å². The zero-order valence-corrected chi connectivity index (χ0v) is 7.36. The Morgan fingerprint density at radius 2 is 2.36 bits per heavy atom. The number of thiol groups is 1. The number of hydrogen-bond donors (Lipinski definition) is 2. The van der Waals surface area contributed by atoms with E-state index in [0.717, 1.165) is 6.42 Å². The lowest BCUT2D eigenvalue weighted by Gasteiger charge is -2.00. The molecule has 0 fully saturated rings. The highest BCUT2D eigenvalue weighted by atomic mass is 32.1. The van der Waals surface area contributed by atoms with Gasteiger partial charge in [-0.1, -0.05) is 0 Å². The number of terminal acetylenes is 1. The smallest absolute Gasteiger partial charge is 0.220 e. The molecule has 0 bridgehead atoms. The maximum absolute atomic E-state index is 10.9. The van der Waals surface area contributed by atoms with Crippen LogP contribution in [0.4, 0.5) is 0 Å². The summed E-state index contributed by atoms with van der Waals surface area (Å²) < 4.78 is 0. The Morgan fingerprint density at radius 1 is 1.64 bits per heavy atom. The van der Waals surface area contributed by atoms with Gasteiger partial charge in [0.05, 0.1) is 0 Å². The molecule has 0 radical (unpaired) electrons. The number of rotatable bonds is 5. The first-order chi connectivity index (χ1) is 5.31. The van der Waals surface area contributed by atoms with E-state index < -0.39 is 0 Å². The first-order valence-corrected chi connectivity index (χ1v) is 4.25. The fourth-order valence-electron chi connectivity index (χ4n) is 0.635. The van der Waals surface area contributed by atoms with Gasteiger partial charge >= 0.3 is 0 Å². The molecule has 1 N–H and O–H groups in total. The molecule has 0 saturated carbocycles. The first-order valence-electron chi connectivity index (χ1n) is 3.62. The monoisotopic (exact) mass is 171 g/mol. The largest absolute Gasteiger partial charge is 0.355 e. The van der Waals surface area contributed by atoms with Gasteiger partial charge in [-0.25, -0.2) is 0 Å². The van der Waals surface area contributed by atoms with E-state index in [1.54, 1.807) is 0 Å². The average molecular weight is 171 g/mol. The minimum atomic E-state index is 0.0642. The van der Waals surface area contributed by atoms with Crippen LogP contribution in [-0.4, -0.2) is 18.2 Å². The molecule has 0 aliphatic rings. The normalized spacial score (nSPS) is 8.73. The van der Waals surface area contributed by atoms with Crippen LogP contribution in [0.15, 0.2) is 0 Å². The number of nitrogens with one attached hydrogen (secondary N) is 1. The fourth-order valence-corrected chi connectivity index (χ4v) is 0.747. The Labute approximate surface area is 73.2 Å².